The fraction of sp³-hybridized carbons (Fsp3) is 0.519. The second kappa shape index (κ2) is 12.1. The van der Waals surface area contributed by atoms with Gasteiger partial charge in [0, 0.05) is 38.8 Å². The van der Waals surface area contributed by atoms with E-state index in [9.17, 15) is 9.59 Å². The van der Waals surface area contributed by atoms with Gasteiger partial charge in [0.05, 0.1) is 17.8 Å². The Labute approximate surface area is 208 Å². The molecule has 188 valence electrons. The van der Waals surface area contributed by atoms with Crippen molar-refractivity contribution >= 4 is 12.0 Å². The van der Waals surface area contributed by atoms with Crippen LogP contribution in [0.4, 0.5) is 4.79 Å². The molecule has 0 spiro atoms. The Bertz CT molecular complexity index is 986. The molecule has 2 atom stereocenters. The molecular formula is C27H37N5O3. The van der Waals surface area contributed by atoms with Gasteiger partial charge in [-0.3, -0.25) is 14.7 Å². The minimum absolute atomic E-state index is 0.102. The van der Waals surface area contributed by atoms with Gasteiger partial charge in [0.1, 0.15) is 6.61 Å². The van der Waals surface area contributed by atoms with E-state index in [0.717, 1.165) is 30.5 Å². The first-order chi connectivity index (χ1) is 17.1. The second-order valence-electron chi connectivity index (χ2n) is 9.51. The summed E-state index contributed by atoms with van der Waals surface area (Å²) in [6, 6.07) is 13.9. The normalized spacial score (nSPS) is 20.0. The summed E-state index contributed by atoms with van der Waals surface area (Å²) in [5.74, 6) is 0.102. The van der Waals surface area contributed by atoms with Crippen molar-refractivity contribution in [3.05, 3.63) is 65.5 Å². The third kappa shape index (κ3) is 6.38. The van der Waals surface area contributed by atoms with Crippen molar-refractivity contribution in [3.8, 4) is 0 Å². The van der Waals surface area contributed by atoms with E-state index in [1.165, 1.54) is 5.56 Å². The predicted octanol–water partition coefficient (Wildman–Crippen LogP) is 2.98. The van der Waals surface area contributed by atoms with Gasteiger partial charge < -0.3 is 20.3 Å². The van der Waals surface area contributed by atoms with Crippen molar-refractivity contribution in [1.29, 1.82) is 0 Å². The number of nitrogens with zero attached hydrogens (tertiary/aromatic N) is 4. The lowest BCUT2D eigenvalue weighted by atomic mass is 9.91. The molecule has 2 heterocycles. The maximum absolute atomic E-state index is 13.1. The average Bonchev–Trinajstić information content (AvgIpc) is 2.90. The van der Waals surface area contributed by atoms with Crippen LogP contribution < -0.4 is 5.73 Å². The van der Waals surface area contributed by atoms with Gasteiger partial charge in [0.15, 0.2) is 0 Å². The molecular weight excluding hydrogens is 442 g/mol. The number of carbonyl (C=O) groups is 2. The minimum Gasteiger partial charge on any atom is -0.445 e. The molecule has 1 aliphatic heterocycles. The lowest BCUT2D eigenvalue weighted by molar-refractivity contribution is -0.134. The number of hydrogen-bond donors (Lipinski definition) is 1. The van der Waals surface area contributed by atoms with Crippen molar-refractivity contribution < 1.29 is 14.3 Å². The van der Waals surface area contributed by atoms with Crippen LogP contribution in [0.3, 0.4) is 0 Å². The topological polar surface area (TPSA) is 92.0 Å². The number of nitrogens with two attached hydrogens (primary N) is 1. The van der Waals surface area contributed by atoms with Crippen LogP contribution in [-0.2, 0) is 22.6 Å². The minimum atomic E-state index is -0.330. The molecule has 1 aromatic heterocycles. The zero-order chi connectivity index (χ0) is 24.6. The molecule has 1 fully saturated rings. The van der Waals surface area contributed by atoms with E-state index in [2.05, 4.69) is 23.0 Å². The van der Waals surface area contributed by atoms with Gasteiger partial charge in [0.25, 0.3) is 0 Å². The van der Waals surface area contributed by atoms with Gasteiger partial charge >= 0.3 is 6.09 Å². The summed E-state index contributed by atoms with van der Waals surface area (Å²) in [7, 11) is 2.09. The summed E-state index contributed by atoms with van der Waals surface area (Å²) >= 11 is 0. The molecule has 4 rings (SSSR count). The molecule has 2 N–H and O–H groups in total. The summed E-state index contributed by atoms with van der Waals surface area (Å²) in [6.07, 6.45) is 5.85. The Morgan fingerprint density at radius 3 is 2.80 bits per heavy atom. The highest BCUT2D eigenvalue weighted by Gasteiger charge is 2.36. The summed E-state index contributed by atoms with van der Waals surface area (Å²) in [6.45, 7) is 2.84. The zero-order valence-corrected chi connectivity index (χ0v) is 20.6. The first kappa shape index (κ1) is 25.1. The van der Waals surface area contributed by atoms with Crippen molar-refractivity contribution in [2.75, 3.05) is 39.8 Å². The van der Waals surface area contributed by atoms with E-state index in [4.69, 9.17) is 10.5 Å². The van der Waals surface area contributed by atoms with E-state index < -0.39 is 0 Å². The van der Waals surface area contributed by atoms with E-state index in [0.29, 0.717) is 45.6 Å². The van der Waals surface area contributed by atoms with E-state index in [1.807, 2.05) is 47.5 Å². The van der Waals surface area contributed by atoms with Crippen LogP contribution in [-0.4, -0.2) is 77.5 Å². The average molecular weight is 480 g/mol. The molecule has 2 aromatic rings. The number of rotatable bonds is 8. The lowest BCUT2D eigenvalue weighted by Crippen LogP contribution is -2.59. The van der Waals surface area contributed by atoms with Crippen molar-refractivity contribution in [2.24, 2.45) is 5.73 Å². The third-order valence-corrected chi connectivity index (χ3v) is 7.07. The largest absolute Gasteiger partial charge is 0.445 e. The van der Waals surface area contributed by atoms with E-state index in [-0.39, 0.29) is 30.7 Å². The van der Waals surface area contributed by atoms with E-state index in [1.54, 1.807) is 4.90 Å². The van der Waals surface area contributed by atoms with Gasteiger partial charge in [-0.05, 0) is 56.5 Å². The highest BCUT2D eigenvalue weighted by Crippen LogP contribution is 2.32. The molecule has 0 radical (unpaired) electrons. The quantitative estimate of drug-likeness (QED) is 0.626. The Hall–Kier alpha value is -2.97. The van der Waals surface area contributed by atoms with Crippen LogP contribution >= 0.6 is 0 Å². The summed E-state index contributed by atoms with van der Waals surface area (Å²) in [5, 5.41) is 0. The highest BCUT2D eigenvalue weighted by molar-refractivity contribution is 5.77. The molecule has 2 amide bonds. The van der Waals surface area contributed by atoms with Crippen LogP contribution in [0.15, 0.2) is 48.7 Å². The van der Waals surface area contributed by atoms with Crippen molar-refractivity contribution in [3.63, 3.8) is 0 Å². The Balaban J connectivity index is 1.46. The van der Waals surface area contributed by atoms with Gasteiger partial charge in [-0.1, -0.05) is 36.4 Å². The molecule has 0 saturated carbocycles. The van der Waals surface area contributed by atoms with Crippen LogP contribution in [0.25, 0.3) is 0 Å². The number of likely N-dealkylation sites (N-methyl/N-ethyl adjacent to an activating group) is 1. The van der Waals surface area contributed by atoms with Crippen LogP contribution in [0.1, 0.15) is 48.5 Å². The second-order valence-corrected chi connectivity index (χ2v) is 9.51. The number of pyridine rings is 1. The number of aromatic nitrogens is 1. The lowest BCUT2D eigenvalue weighted by Gasteiger charge is -2.43. The monoisotopic (exact) mass is 479 g/mol. The molecule has 2 aliphatic rings. The molecule has 1 aromatic carbocycles. The zero-order valence-electron chi connectivity index (χ0n) is 20.6. The van der Waals surface area contributed by atoms with Crippen LogP contribution in [0.2, 0.25) is 0 Å². The fourth-order valence-corrected chi connectivity index (χ4v) is 5.17. The number of amides is 2. The smallest absolute Gasteiger partial charge is 0.410 e. The van der Waals surface area contributed by atoms with Gasteiger partial charge in [-0.15, -0.1) is 0 Å². The SMILES string of the molecule is CN(CC1CN(C(=O)CCCN)CCN1C(=O)OCc1ccccc1)C1CCCc2cccnc21. The number of fused-ring (bicyclic) bond motifs is 1. The number of ether oxygens (including phenoxy) is 1. The molecule has 8 nitrogen and oxygen atoms in total. The molecule has 2 unspecified atom stereocenters. The molecule has 1 aliphatic carbocycles. The standard InChI is InChI=1S/C27H37N5O3/c1-30(24-12-5-10-22-11-7-15-29-26(22)24)18-23-19-31(25(33)13-6-14-28)16-17-32(23)27(34)35-20-21-8-3-2-4-9-21/h2-4,7-9,11,15,23-24H,5-6,10,12-14,16-20,28H2,1H3. The Morgan fingerprint density at radius 1 is 1.17 bits per heavy atom. The third-order valence-electron chi connectivity index (χ3n) is 7.07. The predicted molar refractivity (Wildman–Crippen MR) is 135 cm³/mol. The molecule has 35 heavy (non-hydrogen) atoms. The highest BCUT2D eigenvalue weighted by atomic mass is 16.6. The number of benzene rings is 1. The number of aryl methyl sites for hydroxylation is 1. The Morgan fingerprint density at radius 2 is 2.00 bits per heavy atom. The first-order valence-electron chi connectivity index (χ1n) is 12.7. The van der Waals surface area contributed by atoms with Crippen LogP contribution in [0.5, 0.6) is 0 Å². The van der Waals surface area contributed by atoms with Gasteiger partial charge in [0.2, 0.25) is 5.91 Å². The summed E-state index contributed by atoms with van der Waals surface area (Å²) < 4.78 is 5.68. The number of piperazine rings is 1. The molecule has 1 saturated heterocycles. The maximum Gasteiger partial charge on any atom is 0.410 e. The number of hydrogen-bond acceptors (Lipinski definition) is 6. The Kier molecular flexibility index (Phi) is 8.71. The molecule has 8 heteroatoms. The van der Waals surface area contributed by atoms with Gasteiger partial charge in [-0.2, -0.15) is 0 Å². The summed E-state index contributed by atoms with van der Waals surface area (Å²) in [4.78, 5) is 36.5. The number of carbonyl (C=O) groups excluding carboxylic acids is 2. The fourth-order valence-electron chi connectivity index (χ4n) is 5.17. The van der Waals surface area contributed by atoms with Gasteiger partial charge in [-0.25, -0.2) is 4.79 Å². The molecule has 0 bridgehead atoms. The van der Waals surface area contributed by atoms with Crippen molar-refractivity contribution in [1.82, 2.24) is 19.7 Å². The van der Waals surface area contributed by atoms with E-state index >= 15 is 0 Å². The van der Waals surface area contributed by atoms with Crippen molar-refractivity contribution in [2.45, 2.75) is 50.8 Å². The maximum atomic E-state index is 13.1. The summed E-state index contributed by atoms with van der Waals surface area (Å²) in [5.41, 5.74) is 9.00. The van der Waals surface area contributed by atoms with Crippen LogP contribution in [0, 0.1) is 0 Å². The first-order valence-corrected chi connectivity index (χ1v) is 12.7.